The number of carbonyl (C=O) groups is 1. The maximum Gasteiger partial charge on any atom is 0.406 e. The molecule has 2 aromatic rings. The molecule has 0 aliphatic heterocycles. The van der Waals surface area contributed by atoms with E-state index in [1.165, 1.54) is 30.5 Å². The van der Waals surface area contributed by atoms with Gasteiger partial charge in [0.1, 0.15) is 12.0 Å². The number of amides is 1. The van der Waals surface area contributed by atoms with E-state index in [1.54, 1.807) is 19.1 Å². The first-order valence-electron chi connectivity index (χ1n) is 6.74. The average Bonchev–Trinajstić information content (AvgIpc) is 2.53. The minimum atomic E-state index is -0.686. The van der Waals surface area contributed by atoms with Gasteiger partial charge in [-0.15, -0.1) is 0 Å². The van der Waals surface area contributed by atoms with Crippen molar-refractivity contribution in [2.75, 3.05) is 6.61 Å². The van der Waals surface area contributed by atoms with Crippen molar-refractivity contribution >= 4 is 11.7 Å². The number of nitro groups is 1. The molecule has 8 heteroatoms. The fourth-order valence-electron chi connectivity index (χ4n) is 1.89. The van der Waals surface area contributed by atoms with E-state index >= 15 is 0 Å². The molecule has 0 aliphatic carbocycles. The third-order valence-corrected chi connectivity index (χ3v) is 3.03. The first kappa shape index (κ1) is 16.3. The van der Waals surface area contributed by atoms with Crippen LogP contribution in [0.15, 0.2) is 42.6 Å². The van der Waals surface area contributed by atoms with E-state index in [0.29, 0.717) is 0 Å². The van der Waals surface area contributed by atoms with Gasteiger partial charge < -0.3 is 20.2 Å². The number of benzene rings is 1. The highest BCUT2D eigenvalue weighted by Crippen LogP contribution is 2.22. The zero-order chi connectivity index (χ0) is 16.8. The zero-order valence-electron chi connectivity index (χ0n) is 12.2. The Hall–Kier alpha value is -3.03. The molecule has 1 heterocycles. The van der Waals surface area contributed by atoms with Crippen LogP contribution in [0.4, 0.5) is 10.2 Å². The molecule has 2 rings (SSSR count). The second-order valence-electron chi connectivity index (χ2n) is 4.71. The Labute approximate surface area is 131 Å². The quantitative estimate of drug-likeness (QED) is 0.651. The van der Waals surface area contributed by atoms with E-state index in [9.17, 15) is 19.3 Å². The summed E-state index contributed by atoms with van der Waals surface area (Å²) in [7, 11) is 0. The van der Waals surface area contributed by atoms with Crippen LogP contribution in [-0.2, 0) is 4.79 Å². The summed E-state index contributed by atoms with van der Waals surface area (Å²) in [4.78, 5) is 25.5. The van der Waals surface area contributed by atoms with Crippen LogP contribution in [0.25, 0.3) is 0 Å². The number of hydrogen-bond donors (Lipinski definition) is 1. The average molecular weight is 319 g/mol. The van der Waals surface area contributed by atoms with Crippen LogP contribution in [0.2, 0.25) is 0 Å². The Bertz CT molecular complexity index is 706. The maximum absolute atomic E-state index is 12.9. The van der Waals surface area contributed by atoms with Crippen LogP contribution >= 0.6 is 0 Å². The highest BCUT2D eigenvalue weighted by molar-refractivity contribution is 5.78. The summed E-state index contributed by atoms with van der Waals surface area (Å²) in [6, 6.07) is 8.21. The minimum absolute atomic E-state index is 0.0814. The van der Waals surface area contributed by atoms with Gasteiger partial charge in [-0.1, -0.05) is 12.1 Å². The number of nitrogens with one attached hydrogen (secondary N) is 1. The van der Waals surface area contributed by atoms with E-state index in [4.69, 9.17) is 4.74 Å². The normalized spacial score (nSPS) is 11.6. The highest BCUT2D eigenvalue weighted by atomic mass is 19.1. The van der Waals surface area contributed by atoms with Gasteiger partial charge in [0.25, 0.3) is 5.91 Å². The molecule has 1 aromatic heterocycles. The van der Waals surface area contributed by atoms with Gasteiger partial charge in [-0.25, -0.2) is 4.39 Å². The number of ether oxygens (including phenoxy) is 1. The molecule has 0 radical (unpaired) electrons. The number of aromatic nitrogens is 1. The van der Waals surface area contributed by atoms with Crippen molar-refractivity contribution in [1.29, 1.82) is 0 Å². The van der Waals surface area contributed by atoms with Crippen LogP contribution in [0.1, 0.15) is 18.5 Å². The Morgan fingerprint density at radius 3 is 2.74 bits per heavy atom. The molecule has 0 unspecified atom stereocenters. The van der Waals surface area contributed by atoms with Crippen molar-refractivity contribution in [1.82, 2.24) is 10.3 Å². The third kappa shape index (κ3) is 4.47. The molecule has 1 aromatic carbocycles. The van der Waals surface area contributed by atoms with Crippen molar-refractivity contribution in [2.24, 2.45) is 0 Å². The van der Waals surface area contributed by atoms with Crippen LogP contribution < -0.4 is 10.1 Å². The lowest BCUT2D eigenvalue weighted by atomic mass is 10.1. The van der Waals surface area contributed by atoms with E-state index in [0.717, 1.165) is 5.56 Å². The number of nitrogens with zero attached hydrogens (tertiary/aromatic N) is 2. The fourth-order valence-corrected chi connectivity index (χ4v) is 1.89. The van der Waals surface area contributed by atoms with E-state index < -0.39 is 23.3 Å². The predicted molar refractivity (Wildman–Crippen MR) is 79.3 cm³/mol. The van der Waals surface area contributed by atoms with Gasteiger partial charge in [0.05, 0.1) is 6.04 Å². The Balaban J connectivity index is 1.93. The Morgan fingerprint density at radius 2 is 2.09 bits per heavy atom. The Morgan fingerprint density at radius 1 is 1.39 bits per heavy atom. The zero-order valence-corrected chi connectivity index (χ0v) is 12.2. The molecule has 0 fully saturated rings. The van der Waals surface area contributed by atoms with Crippen LogP contribution in [0, 0.1) is 15.9 Å². The van der Waals surface area contributed by atoms with Gasteiger partial charge in [0.15, 0.2) is 6.61 Å². The lowest BCUT2D eigenvalue weighted by Crippen LogP contribution is -2.31. The molecular weight excluding hydrogens is 305 g/mol. The first-order chi connectivity index (χ1) is 11.0. The standard InChI is InChI=1S/C15H14FN3O4/c1-10(11-4-6-12(16)7-5-11)18-14(20)9-23-13-3-2-8-17-15(13)19(21)22/h2-8,10H,9H2,1H3,(H,18,20)/t10-/m1/s1. The maximum atomic E-state index is 12.9. The molecule has 7 nitrogen and oxygen atoms in total. The first-order valence-corrected chi connectivity index (χ1v) is 6.74. The van der Waals surface area contributed by atoms with E-state index in [1.807, 2.05) is 0 Å². The SMILES string of the molecule is C[C@@H](NC(=O)COc1cccnc1[N+](=O)[O-])c1ccc(F)cc1. The van der Waals surface area contributed by atoms with Gasteiger partial charge in [-0.3, -0.25) is 4.79 Å². The van der Waals surface area contributed by atoms with Gasteiger partial charge in [0, 0.05) is 0 Å². The molecule has 0 aliphatic rings. The number of halogens is 1. The molecule has 0 bridgehead atoms. The summed E-state index contributed by atoms with van der Waals surface area (Å²) in [6.07, 6.45) is 1.27. The van der Waals surface area contributed by atoms with Crippen LogP contribution in [0.3, 0.4) is 0 Å². The predicted octanol–water partition coefficient (Wildman–Crippen LogP) is 2.39. The largest absolute Gasteiger partial charge is 0.476 e. The molecule has 120 valence electrons. The van der Waals surface area contributed by atoms with Gasteiger partial charge in [-0.05, 0) is 46.7 Å². The number of carbonyl (C=O) groups excluding carboxylic acids is 1. The van der Waals surface area contributed by atoms with Crippen molar-refractivity contribution in [3.05, 3.63) is 64.1 Å². The molecule has 1 atom stereocenters. The minimum Gasteiger partial charge on any atom is -0.476 e. The van der Waals surface area contributed by atoms with Crippen molar-refractivity contribution in [3.8, 4) is 5.75 Å². The van der Waals surface area contributed by atoms with Crippen molar-refractivity contribution in [3.63, 3.8) is 0 Å². The molecule has 0 spiro atoms. The molecular formula is C15H14FN3O4. The second kappa shape index (κ2) is 7.30. The van der Waals surface area contributed by atoms with Gasteiger partial charge in [-0.2, -0.15) is 0 Å². The molecule has 0 saturated carbocycles. The topological polar surface area (TPSA) is 94.4 Å². The van der Waals surface area contributed by atoms with E-state index in [-0.39, 0.29) is 17.6 Å². The lowest BCUT2D eigenvalue weighted by Gasteiger charge is -2.14. The lowest BCUT2D eigenvalue weighted by molar-refractivity contribution is -0.390. The highest BCUT2D eigenvalue weighted by Gasteiger charge is 2.17. The fraction of sp³-hybridized carbons (Fsp3) is 0.200. The smallest absolute Gasteiger partial charge is 0.406 e. The molecule has 1 N–H and O–H groups in total. The number of hydrogen-bond acceptors (Lipinski definition) is 5. The summed E-state index contributed by atoms with van der Waals surface area (Å²) in [5.74, 6) is -1.35. The summed E-state index contributed by atoms with van der Waals surface area (Å²) < 4.78 is 18.0. The molecule has 23 heavy (non-hydrogen) atoms. The summed E-state index contributed by atoms with van der Waals surface area (Å²) in [5, 5.41) is 13.4. The van der Waals surface area contributed by atoms with Crippen LogP contribution in [-0.4, -0.2) is 22.4 Å². The van der Waals surface area contributed by atoms with Gasteiger partial charge >= 0.3 is 5.82 Å². The summed E-state index contributed by atoms with van der Waals surface area (Å²) >= 11 is 0. The number of rotatable bonds is 6. The Kier molecular flexibility index (Phi) is 5.19. The summed E-state index contributed by atoms with van der Waals surface area (Å²) in [6.45, 7) is 1.34. The summed E-state index contributed by atoms with van der Waals surface area (Å²) in [5.41, 5.74) is 0.729. The second-order valence-corrected chi connectivity index (χ2v) is 4.71. The third-order valence-electron chi connectivity index (χ3n) is 3.03. The molecule has 1 amide bonds. The monoisotopic (exact) mass is 319 g/mol. The molecule has 0 saturated heterocycles. The van der Waals surface area contributed by atoms with E-state index in [2.05, 4.69) is 10.3 Å². The van der Waals surface area contributed by atoms with Crippen molar-refractivity contribution in [2.45, 2.75) is 13.0 Å². The van der Waals surface area contributed by atoms with Gasteiger partial charge in [0.2, 0.25) is 5.75 Å². The van der Waals surface area contributed by atoms with Crippen molar-refractivity contribution < 1.29 is 18.8 Å². The van der Waals surface area contributed by atoms with Crippen LogP contribution in [0.5, 0.6) is 5.75 Å². The number of pyridine rings is 1.